The molecule has 0 saturated carbocycles. The van der Waals surface area contributed by atoms with E-state index in [2.05, 4.69) is 30.7 Å². The van der Waals surface area contributed by atoms with Gasteiger partial charge in [0.2, 0.25) is 0 Å². The molecular formula is C18H22N2O2. The fraction of sp³-hybridized carbons (Fsp3) is 0.444. The van der Waals surface area contributed by atoms with Gasteiger partial charge >= 0.3 is 0 Å². The molecule has 0 aliphatic carbocycles. The summed E-state index contributed by atoms with van der Waals surface area (Å²) in [4.78, 5) is 11.1. The van der Waals surface area contributed by atoms with Crippen LogP contribution in [0, 0.1) is 10.1 Å². The summed E-state index contributed by atoms with van der Waals surface area (Å²) < 4.78 is 2.31. The zero-order valence-corrected chi connectivity index (χ0v) is 13.2. The van der Waals surface area contributed by atoms with E-state index in [4.69, 9.17) is 0 Å². The molecule has 0 radical (unpaired) electrons. The molecule has 22 heavy (non-hydrogen) atoms. The first kappa shape index (κ1) is 14.8. The summed E-state index contributed by atoms with van der Waals surface area (Å²) in [7, 11) is 0. The first-order chi connectivity index (χ1) is 10.6. The van der Waals surface area contributed by atoms with Crippen molar-refractivity contribution in [1.82, 2.24) is 4.57 Å². The molecule has 0 N–H and O–H groups in total. The molecule has 2 heterocycles. The highest BCUT2D eigenvalue weighted by Gasteiger charge is 2.37. The maximum absolute atomic E-state index is 11.4. The Balaban J connectivity index is 2.24. The highest BCUT2D eigenvalue weighted by molar-refractivity contribution is 5.76. The van der Waals surface area contributed by atoms with E-state index in [0.29, 0.717) is 0 Å². The van der Waals surface area contributed by atoms with Crippen molar-refractivity contribution in [3.05, 3.63) is 52.3 Å². The zero-order chi connectivity index (χ0) is 15.7. The van der Waals surface area contributed by atoms with Gasteiger partial charge in [0.15, 0.2) is 0 Å². The van der Waals surface area contributed by atoms with Crippen LogP contribution in [0.4, 0.5) is 5.69 Å². The van der Waals surface area contributed by atoms with Crippen molar-refractivity contribution in [2.24, 2.45) is 0 Å². The summed E-state index contributed by atoms with van der Waals surface area (Å²) in [5, 5.41) is 11.4. The van der Waals surface area contributed by atoms with E-state index in [0.717, 1.165) is 36.9 Å². The summed E-state index contributed by atoms with van der Waals surface area (Å²) in [6.45, 7) is 5.47. The van der Waals surface area contributed by atoms with Crippen LogP contribution in [-0.4, -0.2) is 9.49 Å². The van der Waals surface area contributed by atoms with Crippen LogP contribution >= 0.6 is 0 Å². The molecule has 1 aromatic heterocycles. The molecule has 116 valence electrons. The average Bonchev–Trinajstić information content (AvgIpc) is 2.99. The molecular weight excluding hydrogens is 276 g/mol. The molecule has 0 atom stereocenters. The van der Waals surface area contributed by atoms with E-state index in [-0.39, 0.29) is 16.0 Å². The van der Waals surface area contributed by atoms with Crippen molar-refractivity contribution in [2.75, 3.05) is 0 Å². The largest absolute Gasteiger partial charge is 0.350 e. The second-order valence-electron chi connectivity index (χ2n) is 6.14. The molecule has 0 amide bonds. The molecule has 1 aliphatic heterocycles. The molecule has 4 nitrogen and oxygen atoms in total. The summed E-state index contributed by atoms with van der Waals surface area (Å²) in [5.41, 5.74) is 3.41. The van der Waals surface area contributed by atoms with E-state index in [1.807, 2.05) is 12.1 Å². The number of benzene rings is 1. The number of fused-ring (bicyclic) bond motifs is 1. The van der Waals surface area contributed by atoms with Gasteiger partial charge < -0.3 is 4.57 Å². The zero-order valence-electron chi connectivity index (χ0n) is 13.2. The minimum Gasteiger partial charge on any atom is -0.350 e. The number of nitro benzene ring substituents is 1. The van der Waals surface area contributed by atoms with Crippen molar-refractivity contribution in [1.29, 1.82) is 0 Å². The lowest BCUT2D eigenvalue weighted by Crippen LogP contribution is -2.32. The number of nitro groups is 1. The molecule has 0 spiro atoms. The van der Waals surface area contributed by atoms with E-state index < -0.39 is 0 Å². The fourth-order valence-electron chi connectivity index (χ4n) is 3.97. The first-order valence-electron chi connectivity index (χ1n) is 8.06. The normalized spacial score (nSPS) is 16.3. The maximum atomic E-state index is 11.4. The van der Waals surface area contributed by atoms with Crippen LogP contribution < -0.4 is 0 Å². The van der Waals surface area contributed by atoms with Gasteiger partial charge in [-0.1, -0.05) is 26.0 Å². The molecule has 3 rings (SSSR count). The van der Waals surface area contributed by atoms with Gasteiger partial charge in [-0.05, 0) is 37.8 Å². The van der Waals surface area contributed by atoms with Gasteiger partial charge in [0.05, 0.1) is 10.5 Å². The summed E-state index contributed by atoms with van der Waals surface area (Å²) in [6.07, 6.45) is 6.58. The summed E-state index contributed by atoms with van der Waals surface area (Å²) >= 11 is 0. The Morgan fingerprint density at radius 1 is 1.18 bits per heavy atom. The lowest BCUT2D eigenvalue weighted by atomic mass is 9.71. The smallest absolute Gasteiger partial charge is 0.277 e. The van der Waals surface area contributed by atoms with E-state index in [9.17, 15) is 10.1 Å². The Kier molecular flexibility index (Phi) is 3.77. The van der Waals surface area contributed by atoms with Gasteiger partial charge in [0.1, 0.15) is 0 Å². The average molecular weight is 298 g/mol. The van der Waals surface area contributed by atoms with E-state index in [1.165, 1.54) is 12.1 Å². The number of rotatable bonds is 4. The predicted octanol–water partition coefficient (Wildman–Crippen LogP) is 4.91. The van der Waals surface area contributed by atoms with E-state index >= 15 is 0 Å². The number of para-hydroxylation sites is 1. The third-order valence-electron chi connectivity index (χ3n) is 5.26. The second kappa shape index (κ2) is 5.59. The Hall–Kier alpha value is -2.10. The van der Waals surface area contributed by atoms with Crippen molar-refractivity contribution >= 4 is 5.69 Å². The Bertz CT molecular complexity index is 699. The van der Waals surface area contributed by atoms with Crippen LogP contribution in [0.2, 0.25) is 0 Å². The van der Waals surface area contributed by atoms with Crippen molar-refractivity contribution < 1.29 is 4.92 Å². The SMILES string of the molecule is CCC1(CC)CCCn2ccc(-c3ccccc3[N+](=O)[O-])c21. The molecule has 0 saturated heterocycles. The van der Waals surface area contributed by atoms with Crippen LogP contribution in [0.25, 0.3) is 11.1 Å². The second-order valence-corrected chi connectivity index (χ2v) is 6.14. The molecule has 4 heteroatoms. The van der Waals surface area contributed by atoms with Gasteiger partial charge in [0.25, 0.3) is 5.69 Å². The topological polar surface area (TPSA) is 48.1 Å². The van der Waals surface area contributed by atoms with Gasteiger partial charge in [-0.15, -0.1) is 0 Å². The Labute approximate surface area is 130 Å². The third kappa shape index (κ3) is 2.14. The number of nitrogens with zero attached hydrogens (tertiary/aromatic N) is 2. The van der Waals surface area contributed by atoms with Crippen molar-refractivity contribution in [3.8, 4) is 11.1 Å². The summed E-state index contributed by atoms with van der Waals surface area (Å²) in [5.74, 6) is 0. The molecule has 0 fully saturated rings. The number of hydrogen-bond donors (Lipinski definition) is 0. The van der Waals surface area contributed by atoms with Crippen LogP contribution in [0.1, 0.15) is 45.2 Å². The van der Waals surface area contributed by atoms with Gasteiger partial charge in [-0.2, -0.15) is 0 Å². The molecule has 0 bridgehead atoms. The van der Waals surface area contributed by atoms with Crippen LogP contribution in [0.5, 0.6) is 0 Å². The minimum atomic E-state index is -0.276. The lowest BCUT2D eigenvalue weighted by Gasteiger charge is -2.38. The Morgan fingerprint density at radius 2 is 1.91 bits per heavy atom. The highest BCUT2D eigenvalue weighted by Crippen LogP contribution is 2.46. The standard InChI is InChI=1S/C18H22N2O2/c1-3-18(4-2)11-7-12-19-13-10-15(17(18)19)14-8-5-6-9-16(14)20(21)22/h5-6,8-10,13H,3-4,7,11-12H2,1-2H3. The lowest BCUT2D eigenvalue weighted by molar-refractivity contribution is -0.384. The monoisotopic (exact) mass is 298 g/mol. The highest BCUT2D eigenvalue weighted by atomic mass is 16.6. The van der Waals surface area contributed by atoms with Gasteiger partial charge in [-0.25, -0.2) is 0 Å². The van der Waals surface area contributed by atoms with Crippen molar-refractivity contribution in [2.45, 2.75) is 51.5 Å². The number of hydrogen-bond acceptors (Lipinski definition) is 2. The quantitative estimate of drug-likeness (QED) is 0.594. The number of aromatic nitrogens is 1. The Morgan fingerprint density at radius 3 is 2.59 bits per heavy atom. The predicted molar refractivity (Wildman–Crippen MR) is 88.0 cm³/mol. The van der Waals surface area contributed by atoms with Crippen molar-refractivity contribution in [3.63, 3.8) is 0 Å². The number of aryl methyl sites for hydroxylation is 1. The summed E-state index contributed by atoms with van der Waals surface area (Å²) in [6, 6.07) is 9.15. The van der Waals surface area contributed by atoms with Crippen LogP contribution in [0.3, 0.4) is 0 Å². The van der Waals surface area contributed by atoms with Crippen LogP contribution in [-0.2, 0) is 12.0 Å². The molecule has 1 aliphatic rings. The van der Waals surface area contributed by atoms with Gasteiger partial charge in [-0.3, -0.25) is 10.1 Å². The first-order valence-corrected chi connectivity index (χ1v) is 8.06. The minimum absolute atomic E-state index is 0.140. The molecule has 2 aromatic rings. The van der Waals surface area contributed by atoms with Crippen LogP contribution in [0.15, 0.2) is 36.5 Å². The maximum Gasteiger partial charge on any atom is 0.277 e. The van der Waals surface area contributed by atoms with Gasteiger partial charge in [0, 0.05) is 35.5 Å². The molecule has 1 aromatic carbocycles. The van der Waals surface area contributed by atoms with E-state index in [1.54, 1.807) is 12.1 Å². The third-order valence-corrected chi connectivity index (χ3v) is 5.26. The fourth-order valence-corrected chi connectivity index (χ4v) is 3.97. The molecule has 0 unspecified atom stereocenters.